The van der Waals surface area contributed by atoms with Gasteiger partial charge in [-0.2, -0.15) is 0 Å². The molecule has 0 fully saturated rings. The Kier molecular flexibility index (Phi) is 10.2. The number of thiocarbonyl (C=S) groups is 1. The Balaban J connectivity index is 1.56. The normalized spacial score (nSPS) is 10.1. The molecular weight excluding hydrogens is 414 g/mol. The van der Waals surface area contributed by atoms with Crippen molar-refractivity contribution in [2.24, 2.45) is 0 Å². The summed E-state index contributed by atoms with van der Waals surface area (Å²) in [6, 6.07) is 16.9. The van der Waals surface area contributed by atoms with Gasteiger partial charge in [0, 0.05) is 31.1 Å². The van der Waals surface area contributed by atoms with Crippen LogP contribution in [0.15, 0.2) is 54.6 Å². The number of carbonyl (C=O) groups is 3. The molecule has 0 aliphatic heterocycles. The number of carbonyl (C=O) groups excluding carboxylic acids is 3. The van der Waals surface area contributed by atoms with E-state index in [4.69, 9.17) is 17.0 Å². The summed E-state index contributed by atoms with van der Waals surface area (Å²) >= 11 is 5.12. The molecule has 7 nitrogen and oxygen atoms in total. The quantitative estimate of drug-likeness (QED) is 0.295. The fourth-order valence-electron chi connectivity index (χ4n) is 2.76. The molecule has 3 N–H and O–H groups in total. The fraction of sp³-hybridized carbons (Fsp3) is 0.304. The molecule has 0 saturated heterocycles. The van der Waals surface area contributed by atoms with E-state index in [-0.39, 0.29) is 35.7 Å². The van der Waals surface area contributed by atoms with Gasteiger partial charge >= 0.3 is 5.97 Å². The fourth-order valence-corrected chi connectivity index (χ4v) is 3.00. The van der Waals surface area contributed by atoms with Crippen LogP contribution in [0.2, 0.25) is 0 Å². The molecular formula is C23H27N3O4S. The van der Waals surface area contributed by atoms with Crippen LogP contribution in [0.1, 0.15) is 38.2 Å². The van der Waals surface area contributed by atoms with Crippen LogP contribution < -0.4 is 16.0 Å². The number of esters is 1. The predicted molar refractivity (Wildman–Crippen MR) is 125 cm³/mol. The highest BCUT2D eigenvalue weighted by molar-refractivity contribution is 7.80. The minimum absolute atomic E-state index is 0.153. The van der Waals surface area contributed by atoms with E-state index >= 15 is 0 Å². The zero-order valence-corrected chi connectivity index (χ0v) is 18.3. The molecule has 164 valence electrons. The zero-order valence-electron chi connectivity index (χ0n) is 17.5. The SMILES string of the molecule is CC(=O)Nc1ccc(NC(=S)NC(=O)CCCC(=O)OCCCc2ccccc2)cc1. The lowest BCUT2D eigenvalue weighted by Crippen LogP contribution is -2.34. The smallest absolute Gasteiger partial charge is 0.305 e. The molecule has 2 aromatic rings. The highest BCUT2D eigenvalue weighted by Gasteiger charge is 2.08. The number of hydrogen-bond donors (Lipinski definition) is 3. The lowest BCUT2D eigenvalue weighted by atomic mass is 10.1. The standard InChI is InChI=1S/C23H27N3O4S/c1-17(27)24-19-12-14-20(15-13-19)25-23(31)26-21(28)10-5-11-22(29)30-16-6-9-18-7-3-2-4-8-18/h2-4,7-8,12-15H,5-6,9-11,16H2,1H3,(H,24,27)(H2,25,26,28,31). The van der Waals surface area contributed by atoms with Crippen molar-refractivity contribution >= 4 is 46.5 Å². The number of rotatable bonds is 10. The molecule has 0 radical (unpaired) electrons. The third kappa shape index (κ3) is 10.4. The van der Waals surface area contributed by atoms with Gasteiger partial charge in [0.15, 0.2) is 5.11 Å². The maximum Gasteiger partial charge on any atom is 0.305 e. The van der Waals surface area contributed by atoms with E-state index in [1.54, 1.807) is 24.3 Å². The summed E-state index contributed by atoms with van der Waals surface area (Å²) in [5.74, 6) is -0.732. The van der Waals surface area contributed by atoms with Crippen LogP contribution in [0.25, 0.3) is 0 Å². The largest absolute Gasteiger partial charge is 0.466 e. The summed E-state index contributed by atoms with van der Waals surface area (Å²) in [4.78, 5) is 34.8. The molecule has 2 rings (SSSR count). The summed E-state index contributed by atoms with van der Waals surface area (Å²) in [5, 5.41) is 8.31. The first-order chi connectivity index (χ1) is 14.9. The summed E-state index contributed by atoms with van der Waals surface area (Å²) in [5.41, 5.74) is 2.56. The molecule has 8 heteroatoms. The molecule has 2 aromatic carbocycles. The third-order valence-electron chi connectivity index (χ3n) is 4.22. The number of hydrogen-bond acceptors (Lipinski definition) is 5. The molecule has 0 heterocycles. The second kappa shape index (κ2) is 13.1. The highest BCUT2D eigenvalue weighted by atomic mass is 32.1. The maximum atomic E-state index is 12.0. The Morgan fingerprint density at radius 1 is 0.871 bits per heavy atom. The van der Waals surface area contributed by atoms with Crippen molar-refractivity contribution < 1.29 is 19.1 Å². The summed E-state index contributed by atoms with van der Waals surface area (Å²) in [6.45, 7) is 1.80. The van der Waals surface area contributed by atoms with Gasteiger partial charge in [0.1, 0.15) is 0 Å². The van der Waals surface area contributed by atoms with Crippen molar-refractivity contribution in [3.05, 3.63) is 60.2 Å². The first-order valence-corrected chi connectivity index (χ1v) is 10.5. The van der Waals surface area contributed by atoms with Crippen LogP contribution in [0, 0.1) is 0 Å². The van der Waals surface area contributed by atoms with Crippen LogP contribution in [-0.4, -0.2) is 29.5 Å². The van der Waals surface area contributed by atoms with Gasteiger partial charge < -0.3 is 20.7 Å². The first-order valence-electron chi connectivity index (χ1n) is 10.1. The average molecular weight is 442 g/mol. The summed E-state index contributed by atoms with van der Waals surface area (Å²) in [7, 11) is 0. The van der Waals surface area contributed by atoms with Gasteiger partial charge in [-0.05, 0) is 61.3 Å². The molecule has 0 aromatic heterocycles. The Hall–Kier alpha value is -3.26. The molecule has 0 aliphatic rings. The van der Waals surface area contributed by atoms with Crippen molar-refractivity contribution in [2.75, 3.05) is 17.2 Å². The van der Waals surface area contributed by atoms with Crippen molar-refractivity contribution in [3.63, 3.8) is 0 Å². The van der Waals surface area contributed by atoms with E-state index in [2.05, 4.69) is 16.0 Å². The zero-order chi connectivity index (χ0) is 22.5. The molecule has 0 unspecified atom stereocenters. The van der Waals surface area contributed by atoms with Crippen LogP contribution in [0.4, 0.5) is 11.4 Å². The monoisotopic (exact) mass is 441 g/mol. The topological polar surface area (TPSA) is 96.5 Å². The van der Waals surface area contributed by atoms with E-state index in [0.29, 0.717) is 24.4 Å². The van der Waals surface area contributed by atoms with E-state index < -0.39 is 0 Å². The van der Waals surface area contributed by atoms with Crippen molar-refractivity contribution in [3.8, 4) is 0 Å². The van der Waals surface area contributed by atoms with Gasteiger partial charge in [0.05, 0.1) is 6.61 Å². The van der Waals surface area contributed by atoms with E-state index in [9.17, 15) is 14.4 Å². The molecule has 0 aliphatic carbocycles. The predicted octanol–water partition coefficient (Wildman–Crippen LogP) is 3.80. The molecule has 0 bridgehead atoms. The molecule has 31 heavy (non-hydrogen) atoms. The average Bonchev–Trinajstić information content (AvgIpc) is 2.73. The Labute approximate surface area is 187 Å². The third-order valence-corrected chi connectivity index (χ3v) is 4.42. The second-order valence-corrected chi connectivity index (χ2v) is 7.33. The first kappa shape index (κ1) is 24.0. The minimum atomic E-state index is -0.305. The number of ether oxygens (including phenoxy) is 1. The number of anilines is 2. The van der Waals surface area contributed by atoms with Gasteiger partial charge in [-0.3, -0.25) is 14.4 Å². The lowest BCUT2D eigenvalue weighted by Gasteiger charge is -2.10. The second-order valence-electron chi connectivity index (χ2n) is 6.92. The Morgan fingerprint density at radius 2 is 1.52 bits per heavy atom. The number of nitrogens with one attached hydrogen (secondary N) is 3. The van der Waals surface area contributed by atoms with E-state index in [0.717, 1.165) is 12.8 Å². The van der Waals surface area contributed by atoms with Crippen LogP contribution in [0.3, 0.4) is 0 Å². The summed E-state index contributed by atoms with van der Waals surface area (Å²) < 4.78 is 5.20. The Bertz CT molecular complexity index is 885. The van der Waals surface area contributed by atoms with Crippen LogP contribution >= 0.6 is 12.2 Å². The van der Waals surface area contributed by atoms with Crippen molar-refractivity contribution in [2.45, 2.75) is 39.0 Å². The number of amides is 2. The van der Waals surface area contributed by atoms with Crippen molar-refractivity contribution in [1.82, 2.24) is 5.32 Å². The number of aryl methyl sites for hydroxylation is 1. The van der Waals surface area contributed by atoms with Gasteiger partial charge in [-0.25, -0.2) is 0 Å². The molecule has 0 spiro atoms. The van der Waals surface area contributed by atoms with E-state index in [1.807, 2.05) is 30.3 Å². The minimum Gasteiger partial charge on any atom is -0.466 e. The number of benzene rings is 2. The van der Waals surface area contributed by atoms with Gasteiger partial charge in [-0.1, -0.05) is 30.3 Å². The van der Waals surface area contributed by atoms with Crippen LogP contribution in [-0.2, 0) is 25.5 Å². The molecule has 0 atom stereocenters. The molecule has 2 amide bonds. The van der Waals surface area contributed by atoms with Gasteiger partial charge in [0.2, 0.25) is 11.8 Å². The van der Waals surface area contributed by atoms with E-state index in [1.165, 1.54) is 12.5 Å². The van der Waals surface area contributed by atoms with Crippen molar-refractivity contribution in [1.29, 1.82) is 0 Å². The maximum absolute atomic E-state index is 12.0. The molecule has 0 saturated carbocycles. The van der Waals surface area contributed by atoms with Gasteiger partial charge in [-0.15, -0.1) is 0 Å². The van der Waals surface area contributed by atoms with Gasteiger partial charge in [0.25, 0.3) is 0 Å². The highest BCUT2D eigenvalue weighted by Crippen LogP contribution is 2.13. The Morgan fingerprint density at radius 3 is 2.16 bits per heavy atom. The summed E-state index contributed by atoms with van der Waals surface area (Å²) in [6.07, 6.45) is 2.36. The van der Waals surface area contributed by atoms with Crippen LogP contribution in [0.5, 0.6) is 0 Å². The lowest BCUT2D eigenvalue weighted by molar-refractivity contribution is -0.143.